The zero-order valence-corrected chi connectivity index (χ0v) is 14.1. The van der Waals surface area contributed by atoms with Gasteiger partial charge in [0, 0.05) is 6.42 Å². The lowest BCUT2D eigenvalue weighted by Gasteiger charge is -2.13. The molecule has 0 amide bonds. The van der Waals surface area contributed by atoms with Crippen molar-refractivity contribution in [2.24, 2.45) is 5.92 Å². The van der Waals surface area contributed by atoms with Gasteiger partial charge in [0.05, 0.1) is 6.10 Å². The highest BCUT2D eigenvalue weighted by atomic mass is 16.5. The van der Waals surface area contributed by atoms with Gasteiger partial charge in [0.2, 0.25) is 0 Å². The molecule has 0 aromatic carbocycles. The molecule has 1 unspecified atom stereocenters. The van der Waals surface area contributed by atoms with Crippen molar-refractivity contribution < 1.29 is 14.6 Å². The van der Waals surface area contributed by atoms with E-state index in [-0.39, 0.29) is 12.6 Å². The first-order valence-electron chi connectivity index (χ1n) is 8.55. The number of rotatable bonds is 13. The SMILES string of the molecule is CC/C=C\CCCCCCCC(=O)OCC(O)CC(C)C. The minimum Gasteiger partial charge on any atom is -0.463 e. The summed E-state index contributed by atoms with van der Waals surface area (Å²) in [4.78, 5) is 11.5. The molecule has 0 rings (SSSR count). The molecular weight excluding hydrogens is 264 g/mol. The second-order valence-electron chi connectivity index (χ2n) is 6.15. The number of esters is 1. The lowest BCUT2D eigenvalue weighted by Crippen LogP contribution is -2.20. The second kappa shape index (κ2) is 14.1. The van der Waals surface area contributed by atoms with Gasteiger partial charge in [-0.1, -0.05) is 52.2 Å². The minimum absolute atomic E-state index is 0.140. The predicted molar refractivity (Wildman–Crippen MR) is 88.2 cm³/mol. The van der Waals surface area contributed by atoms with Gasteiger partial charge >= 0.3 is 5.97 Å². The van der Waals surface area contributed by atoms with Crippen LogP contribution in [0.15, 0.2) is 12.2 Å². The molecule has 124 valence electrons. The zero-order chi connectivity index (χ0) is 15.9. The van der Waals surface area contributed by atoms with Gasteiger partial charge < -0.3 is 9.84 Å². The zero-order valence-electron chi connectivity index (χ0n) is 14.1. The van der Waals surface area contributed by atoms with E-state index in [0.29, 0.717) is 18.8 Å². The number of carbonyl (C=O) groups excluding carboxylic acids is 1. The topological polar surface area (TPSA) is 46.5 Å². The maximum atomic E-state index is 11.5. The summed E-state index contributed by atoms with van der Waals surface area (Å²) in [5.41, 5.74) is 0. The van der Waals surface area contributed by atoms with Gasteiger partial charge in [-0.2, -0.15) is 0 Å². The van der Waals surface area contributed by atoms with Crippen LogP contribution in [0.25, 0.3) is 0 Å². The number of ether oxygens (including phenoxy) is 1. The molecule has 0 aromatic rings. The van der Waals surface area contributed by atoms with Gasteiger partial charge in [-0.3, -0.25) is 4.79 Å². The average molecular weight is 298 g/mol. The molecule has 0 aromatic heterocycles. The molecule has 3 heteroatoms. The molecular formula is C18H34O3. The van der Waals surface area contributed by atoms with Gasteiger partial charge in [-0.15, -0.1) is 0 Å². The number of aliphatic hydroxyl groups excluding tert-OH is 1. The Kier molecular flexibility index (Phi) is 13.6. The monoisotopic (exact) mass is 298 g/mol. The molecule has 0 radical (unpaired) electrons. The highest BCUT2D eigenvalue weighted by molar-refractivity contribution is 5.69. The first-order valence-corrected chi connectivity index (χ1v) is 8.55. The summed E-state index contributed by atoms with van der Waals surface area (Å²) in [6, 6.07) is 0. The molecule has 0 aliphatic carbocycles. The smallest absolute Gasteiger partial charge is 0.305 e. The summed E-state index contributed by atoms with van der Waals surface area (Å²) < 4.78 is 5.08. The third kappa shape index (κ3) is 15.4. The van der Waals surface area contributed by atoms with Crippen LogP contribution < -0.4 is 0 Å². The third-order valence-electron chi connectivity index (χ3n) is 3.33. The lowest BCUT2D eigenvalue weighted by atomic mass is 10.1. The van der Waals surface area contributed by atoms with Crippen molar-refractivity contribution in [2.75, 3.05) is 6.61 Å². The van der Waals surface area contributed by atoms with E-state index in [2.05, 4.69) is 19.1 Å². The highest BCUT2D eigenvalue weighted by Crippen LogP contribution is 2.09. The van der Waals surface area contributed by atoms with Crippen molar-refractivity contribution in [1.82, 2.24) is 0 Å². The second-order valence-corrected chi connectivity index (χ2v) is 6.15. The van der Waals surface area contributed by atoms with Crippen LogP contribution in [0.5, 0.6) is 0 Å². The van der Waals surface area contributed by atoms with Crippen molar-refractivity contribution in [2.45, 2.75) is 84.7 Å². The van der Waals surface area contributed by atoms with Crippen LogP contribution >= 0.6 is 0 Å². The van der Waals surface area contributed by atoms with Gasteiger partial charge in [0.15, 0.2) is 0 Å². The molecule has 1 atom stereocenters. The van der Waals surface area contributed by atoms with Crippen molar-refractivity contribution in [3.8, 4) is 0 Å². The number of hydrogen-bond donors (Lipinski definition) is 1. The predicted octanol–water partition coefficient (Wildman–Crippen LogP) is 4.63. The molecule has 0 heterocycles. The number of carbonyl (C=O) groups is 1. The summed E-state index contributed by atoms with van der Waals surface area (Å²) in [6.45, 7) is 6.38. The maximum absolute atomic E-state index is 11.5. The van der Waals surface area contributed by atoms with E-state index in [4.69, 9.17) is 4.74 Å². The van der Waals surface area contributed by atoms with Crippen molar-refractivity contribution in [3.05, 3.63) is 12.2 Å². The van der Waals surface area contributed by atoms with Crippen LogP contribution in [0, 0.1) is 5.92 Å². The summed E-state index contributed by atoms with van der Waals surface area (Å²) in [6.07, 6.45) is 13.0. The van der Waals surface area contributed by atoms with E-state index >= 15 is 0 Å². The largest absolute Gasteiger partial charge is 0.463 e. The van der Waals surface area contributed by atoms with Crippen molar-refractivity contribution >= 4 is 5.97 Å². The normalized spacial score (nSPS) is 13.0. The number of aliphatic hydroxyl groups is 1. The molecule has 21 heavy (non-hydrogen) atoms. The Bertz CT molecular complexity index is 272. The van der Waals surface area contributed by atoms with E-state index in [1.54, 1.807) is 0 Å². The van der Waals surface area contributed by atoms with Crippen LogP contribution in [-0.2, 0) is 9.53 Å². The van der Waals surface area contributed by atoms with Gasteiger partial charge in [0.1, 0.15) is 6.61 Å². The van der Waals surface area contributed by atoms with Crippen LogP contribution in [-0.4, -0.2) is 23.8 Å². The number of unbranched alkanes of at least 4 members (excludes halogenated alkanes) is 5. The number of hydrogen-bond acceptors (Lipinski definition) is 3. The van der Waals surface area contributed by atoms with Gasteiger partial charge in [-0.05, 0) is 38.0 Å². The van der Waals surface area contributed by atoms with Crippen LogP contribution in [0.2, 0.25) is 0 Å². The molecule has 1 N–H and O–H groups in total. The molecule has 0 bridgehead atoms. The molecule has 0 spiro atoms. The fourth-order valence-corrected chi connectivity index (χ4v) is 2.22. The fourth-order valence-electron chi connectivity index (χ4n) is 2.22. The summed E-state index contributed by atoms with van der Waals surface area (Å²) >= 11 is 0. The van der Waals surface area contributed by atoms with Gasteiger partial charge in [0.25, 0.3) is 0 Å². The van der Waals surface area contributed by atoms with E-state index in [0.717, 1.165) is 19.3 Å². The van der Waals surface area contributed by atoms with Crippen molar-refractivity contribution in [3.63, 3.8) is 0 Å². The minimum atomic E-state index is -0.523. The Morgan fingerprint density at radius 3 is 2.43 bits per heavy atom. The standard InChI is InChI=1S/C18H34O3/c1-4-5-6-7-8-9-10-11-12-13-18(20)21-15-17(19)14-16(2)3/h5-6,16-17,19H,4,7-15H2,1-3H3/b6-5-. The van der Waals surface area contributed by atoms with E-state index in [1.807, 2.05) is 13.8 Å². The first kappa shape index (κ1) is 20.2. The molecule has 3 nitrogen and oxygen atoms in total. The summed E-state index contributed by atoms with van der Waals surface area (Å²) in [5.74, 6) is 0.245. The van der Waals surface area contributed by atoms with Gasteiger partial charge in [-0.25, -0.2) is 0 Å². The third-order valence-corrected chi connectivity index (χ3v) is 3.33. The van der Waals surface area contributed by atoms with E-state index < -0.39 is 6.10 Å². The molecule has 0 aliphatic rings. The van der Waals surface area contributed by atoms with Crippen molar-refractivity contribution in [1.29, 1.82) is 0 Å². The Labute approximate surface area is 130 Å². The Morgan fingerprint density at radius 2 is 1.76 bits per heavy atom. The lowest BCUT2D eigenvalue weighted by molar-refractivity contribution is -0.147. The number of allylic oxidation sites excluding steroid dienone is 2. The quantitative estimate of drug-likeness (QED) is 0.306. The molecule has 0 saturated heterocycles. The Morgan fingerprint density at radius 1 is 1.10 bits per heavy atom. The summed E-state index contributed by atoms with van der Waals surface area (Å²) in [5, 5.41) is 9.62. The highest BCUT2D eigenvalue weighted by Gasteiger charge is 2.10. The van der Waals surface area contributed by atoms with Crippen LogP contribution in [0.1, 0.15) is 78.6 Å². The van der Waals surface area contributed by atoms with E-state index in [1.165, 1.54) is 25.7 Å². The molecule has 0 aliphatic heterocycles. The molecule has 0 saturated carbocycles. The fraction of sp³-hybridized carbons (Fsp3) is 0.833. The first-order chi connectivity index (χ1) is 10.1. The van der Waals surface area contributed by atoms with Crippen LogP contribution in [0.4, 0.5) is 0 Å². The average Bonchev–Trinajstić information content (AvgIpc) is 2.42. The maximum Gasteiger partial charge on any atom is 0.305 e. The van der Waals surface area contributed by atoms with Crippen LogP contribution in [0.3, 0.4) is 0 Å². The Hall–Kier alpha value is -0.830. The van der Waals surface area contributed by atoms with E-state index in [9.17, 15) is 9.90 Å². The molecule has 0 fully saturated rings. The summed E-state index contributed by atoms with van der Waals surface area (Å²) in [7, 11) is 0. The Balaban J connectivity index is 3.36.